The van der Waals surface area contributed by atoms with E-state index in [0.717, 1.165) is 29.7 Å². The van der Waals surface area contributed by atoms with Crippen molar-refractivity contribution in [3.05, 3.63) is 58.1 Å². The van der Waals surface area contributed by atoms with Crippen molar-refractivity contribution in [1.82, 2.24) is 10.2 Å². The summed E-state index contributed by atoms with van der Waals surface area (Å²) in [6.07, 6.45) is 3.68. The largest absolute Gasteiger partial charge is 0.486 e. The molecule has 1 aromatic heterocycles. The fourth-order valence-corrected chi connectivity index (χ4v) is 3.64. The van der Waals surface area contributed by atoms with Gasteiger partial charge in [0.2, 0.25) is 0 Å². The number of nitrogens with zero attached hydrogens (tertiary/aromatic N) is 1. The molecule has 2 aliphatic rings. The number of hydrogen-bond donors (Lipinski definition) is 1. The van der Waals surface area contributed by atoms with Crippen molar-refractivity contribution in [3.63, 3.8) is 0 Å². The number of furan rings is 1. The summed E-state index contributed by atoms with van der Waals surface area (Å²) in [4.78, 5) is 14.2. The van der Waals surface area contributed by atoms with Gasteiger partial charge in [-0.3, -0.25) is 9.69 Å². The van der Waals surface area contributed by atoms with Gasteiger partial charge in [-0.25, -0.2) is 0 Å². The fraction of sp³-hybridized carbons (Fsp3) is 0.300. The lowest BCUT2D eigenvalue weighted by molar-refractivity contribution is -0.123. The lowest BCUT2D eigenvalue weighted by Gasteiger charge is -2.18. The number of thiocarbonyl (C=S) groups is 1. The molecule has 1 N–H and O–H groups in total. The second-order valence-electron chi connectivity index (χ2n) is 6.59. The summed E-state index contributed by atoms with van der Waals surface area (Å²) in [5, 5.41) is 3.37. The van der Waals surface area contributed by atoms with Crippen LogP contribution in [0, 0.1) is 0 Å². The van der Waals surface area contributed by atoms with E-state index >= 15 is 0 Å². The van der Waals surface area contributed by atoms with Gasteiger partial charge in [-0.2, -0.15) is 0 Å². The van der Waals surface area contributed by atoms with Gasteiger partial charge in [0.15, 0.2) is 5.11 Å². The van der Waals surface area contributed by atoms with Gasteiger partial charge < -0.3 is 19.2 Å². The Labute approximate surface area is 176 Å². The Morgan fingerprint density at radius 2 is 2.11 bits per heavy atom. The van der Waals surface area contributed by atoms with Crippen molar-refractivity contribution < 1.29 is 18.7 Å². The first kappa shape index (κ1) is 19.2. The number of rotatable bonds is 6. The van der Waals surface area contributed by atoms with E-state index in [4.69, 9.17) is 26.1 Å². The van der Waals surface area contributed by atoms with Crippen molar-refractivity contribution in [3.8, 4) is 5.75 Å². The molecule has 2 fully saturated rings. The Bertz CT molecular complexity index is 903. The molecule has 0 spiro atoms. The van der Waals surface area contributed by atoms with Crippen LogP contribution in [0.2, 0.25) is 0 Å². The standard InChI is InChI=1S/C20H19BrN2O4S/c21-13-3-5-14(6-4-13)26-12-17-8-7-15(27-17)10-18-19(24)23(20(28)22-18)11-16-2-1-9-25-16/h3-8,10,16H,1-2,9,11-12H2,(H,22,28)/b18-10+. The number of nitrogens with one attached hydrogen (secondary N) is 1. The fourth-order valence-electron chi connectivity index (χ4n) is 3.11. The first-order chi connectivity index (χ1) is 13.6. The molecule has 4 rings (SSSR count). The van der Waals surface area contributed by atoms with Gasteiger partial charge in [0.25, 0.3) is 5.91 Å². The Hall–Kier alpha value is -2.16. The third-order valence-electron chi connectivity index (χ3n) is 4.54. The van der Waals surface area contributed by atoms with E-state index in [1.54, 1.807) is 17.0 Å². The quantitative estimate of drug-likeness (QED) is 0.519. The average molecular weight is 463 g/mol. The summed E-state index contributed by atoms with van der Waals surface area (Å²) in [6, 6.07) is 11.2. The maximum Gasteiger partial charge on any atom is 0.276 e. The highest BCUT2D eigenvalue weighted by Gasteiger charge is 2.33. The zero-order valence-electron chi connectivity index (χ0n) is 15.0. The van der Waals surface area contributed by atoms with Crippen LogP contribution < -0.4 is 10.1 Å². The van der Waals surface area contributed by atoms with Crippen molar-refractivity contribution in [2.75, 3.05) is 13.2 Å². The highest BCUT2D eigenvalue weighted by molar-refractivity contribution is 9.10. The zero-order chi connectivity index (χ0) is 19.5. The summed E-state index contributed by atoms with van der Waals surface area (Å²) in [5.41, 5.74) is 0.401. The predicted molar refractivity (Wildman–Crippen MR) is 112 cm³/mol. The lowest BCUT2D eigenvalue weighted by Crippen LogP contribution is -2.37. The third-order valence-corrected chi connectivity index (χ3v) is 5.39. The Kier molecular flexibility index (Phi) is 5.79. The van der Waals surface area contributed by atoms with Crippen LogP contribution in [0.4, 0.5) is 0 Å². The van der Waals surface area contributed by atoms with Crippen molar-refractivity contribution in [2.24, 2.45) is 0 Å². The molecule has 1 amide bonds. The van der Waals surface area contributed by atoms with Gasteiger partial charge in [-0.1, -0.05) is 15.9 Å². The van der Waals surface area contributed by atoms with Crippen molar-refractivity contribution in [1.29, 1.82) is 0 Å². The minimum atomic E-state index is -0.162. The Morgan fingerprint density at radius 3 is 2.86 bits per heavy atom. The molecule has 28 heavy (non-hydrogen) atoms. The molecule has 2 saturated heterocycles. The van der Waals surface area contributed by atoms with E-state index in [9.17, 15) is 4.79 Å². The van der Waals surface area contributed by atoms with Crippen LogP contribution in [-0.2, 0) is 16.1 Å². The van der Waals surface area contributed by atoms with Gasteiger partial charge >= 0.3 is 0 Å². The van der Waals surface area contributed by atoms with Crippen LogP contribution in [0.25, 0.3) is 6.08 Å². The monoisotopic (exact) mass is 462 g/mol. The van der Waals surface area contributed by atoms with Crippen molar-refractivity contribution in [2.45, 2.75) is 25.6 Å². The van der Waals surface area contributed by atoms with Gasteiger partial charge in [-0.05, 0) is 61.5 Å². The van der Waals surface area contributed by atoms with Gasteiger partial charge in [0.1, 0.15) is 29.6 Å². The molecule has 3 heterocycles. The van der Waals surface area contributed by atoms with E-state index < -0.39 is 0 Å². The molecule has 2 aliphatic heterocycles. The number of carbonyl (C=O) groups excluding carboxylic acids is 1. The zero-order valence-corrected chi connectivity index (χ0v) is 17.4. The second kappa shape index (κ2) is 8.46. The van der Waals surface area contributed by atoms with Crippen LogP contribution >= 0.6 is 28.1 Å². The van der Waals surface area contributed by atoms with Crippen molar-refractivity contribution >= 4 is 45.2 Å². The minimum absolute atomic E-state index is 0.0500. The van der Waals surface area contributed by atoms with E-state index in [1.165, 1.54) is 0 Å². The van der Waals surface area contributed by atoms with E-state index in [0.29, 0.717) is 35.5 Å². The Morgan fingerprint density at radius 1 is 1.29 bits per heavy atom. The molecule has 1 atom stereocenters. The van der Waals surface area contributed by atoms with E-state index in [1.807, 2.05) is 30.3 Å². The van der Waals surface area contributed by atoms with Crippen LogP contribution in [0.3, 0.4) is 0 Å². The normalized spacial score (nSPS) is 20.8. The first-order valence-electron chi connectivity index (χ1n) is 9.02. The summed E-state index contributed by atoms with van der Waals surface area (Å²) < 4.78 is 18.0. The number of hydrogen-bond acceptors (Lipinski definition) is 5. The molecule has 0 aliphatic carbocycles. The molecule has 146 valence electrons. The number of amides is 1. The molecule has 1 aromatic carbocycles. The SMILES string of the molecule is O=C1/C(=C\c2ccc(COc3ccc(Br)cc3)o2)NC(=S)N1CC1CCCO1. The number of ether oxygens (including phenoxy) is 2. The van der Waals surface area contributed by atoms with E-state index in [2.05, 4.69) is 21.2 Å². The van der Waals surface area contributed by atoms with Crippen LogP contribution in [-0.4, -0.2) is 35.2 Å². The molecule has 1 unspecified atom stereocenters. The van der Waals surface area contributed by atoms with Gasteiger partial charge in [0.05, 0.1) is 12.6 Å². The number of carbonyl (C=O) groups is 1. The summed E-state index contributed by atoms with van der Waals surface area (Å²) in [5.74, 6) is 1.82. The van der Waals surface area contributed by atoms with Crippen LogP contribution in [0.1, 0.15) is 24.4 Å². The molecule has 8 heteroatoms. The summed E-state index contributed by atoms with van der Waals surface area (Å²) in [7, 11) is 0. The van der Waals surface area contributed by atoms with Gasteiger partial charge in [0, 0.05) is 17.2 Å². The predicted octanol–water partition coefficient (Wildman–Crippen LogP) is 3.86. The smallest absolute Gasteiger partial charge is 0.276 e. The van der Waals surface area contributed by atoms with Crippen LogP contribution in [0.5, 0.6) is 5.75 Å². The summed E-state index contributed by atoms with van der Waals surface area (Å²) in [6.45, 7) is 1.52. The van der Waals surface area contributed by atoms with Gasteiger partial charge in [-0.15, -0.1) is 0 Å². The van der Waals surface area contributed by atoms with E-state index in [-0.39, 0.29) is 12.0 Å². The minimum Gasteiger partial charge on any atom is -0.486 e. The highest BCUT2D eigenvalue weighted by atomic mass is 79.9. The number of halogens is 1. The molecule has 0 radical (unpaired) electrons. The molecule has 0 bridgehead atoms. The average Bonchev–Trinajstić information content (AvgIpc) is 3.41. The number of benzene rings is 1. The molecule has 0 saturated carbocycles. The summed E-state index contributed by atoms with van der Waals surface area (Å²) >= 11 is 8.69. The molecule has 2 aromatic rings. The maximum absolute atomic E-state index is 12.6. The molecule has 6 nitrogen and oxygen atoms in total. The Balaban J connectivity index is 1.38. The first-order valence-corrected chi connectivity index (χ1v) is 10.2. The second-order valence-corrected chi connectivity index (χ2v) is 7.89. The lowest BCUT2D eigenvalue weighted by atomic mass is 10.2. The third kappa shape index (κ3) is 4.45. The molecular weight excluding hydrogens is 444 g/mol. The highest BCUT2D eigenvalue weighted by Crippen LogP contribution is 2.21. The maximum atomic E-state index is 12.6. The topological polar surface area (TPSA) is 63.9 Å². The molecular formula is C20H19BrN2O4S. The van der Waals surface area contributed by atoms with Crippen LogP contribution in [0.15, 0.2) is 51.0 Å².